The number of rotatable bonds is 7. The molecule has 0 bridgehead atoms. The van der Waals surface area contributed by atoms with Crippen LogP contribution < -0.4 is 4.72 Å². The summed E-state index contributed by atoms with van der Waals surface area (Å²) in [4.78, 5) is 10.3. The van der Waals surface area contributed by atoms with Crippen molar-refractivity contribution in [2.75, 3.05) is 6.61 Å². The zero-order valence-electron chi connectivity index (χ0n) is 9.78. The molecular formula is C9H15N3O5S. The van der Waals surface area contributed by atoms with Gasteiger partial charge in [0.05, 0.1) is 25.8 Å². The first kappa shape index (κ1) is 14.6. The summed E-state index contributed by atoms with van der Waals surface area (Å²) in [6.07, 6.45) is 2.24. The highest BCUT2D eigenvalue weighted by atomic mass is 32.2. The summed E-state index contributed by atoms with van der Waals surface area (Å²) >= 11 is 0. The minimum atomic E-state index is -3.73. The van der Waals surface area contributed by atoms with Crippen molar-refractivity contribution in [3.05, 3.63) is 12.4 Å². The number of hydrogen-bond donors (Lipinski definition) is 3. The second-order valence-corrected chi connectivity index (χ2v) is 5.50. The first-order valence-corrected chi connectivity index (χ1v) is 6.71. The third-order valence-electron chi connectivity index (χ3n) is 2.10. The van der Waals surface area contributed by atoms with Gasteiger partial charge in [-0.05, 0) is 6.92 Å². The Morgan fingerprint density at radius 2 is 2.28 bits per heavy atom. The van der Waals surface area contributed by atoms with Crippen LogP contribution >= 0.6 is 0 Å². The number of nitrogens with zero attached hydrogens (tertiary/aromatic N) is 2. The molecule has 0 radical (unpaired) electrons. The summed E-state index contributed by atoms with van der Waals surface area (Å²) in [5.74, 6) is -0.984. The Hall–Kier alpha value is -1.45. The predicted octanol–water partition coefficient (Wildman–Crippen LogP) is -0.983. The van der Waals surface area contributed by atoms with Crippen LogP contribution in [0.25, 0.3) is 0 Å². The average molecular weight is 277 g/mol. The molecule has 0 spiro atoms. The van der Waals surface area contributed by atoms with Crippen LogP contribution in [0.4, 0.5) is 0 Å². The van der Waals surface area contributed by atoms with Crippen LogP contribution in [0.2, 0.25) is 0 Å². The van der Waals surface area contributed by atoms with Gasteiger partial charge in [0.2, 0.25) is 10.0 Å². The first-order valence-electron chi connectivity index (χ1n) is 5.22. The highest BCUT2D eigenvalue weighted by molar-refractivity contribution is 7.89. The fourth-order valence-electron chi connectivity index (χ4n) is 1.19. The number of aliphatic hydroxyl groups is 1. The van der Waals surface area contributed by atoms with Gasteiger partial charge in [0, 0.05) is 12.2 Å². The van der Waals surface area contributed by atoms with Gasteiger partial charge in [0.15, 0.2) is 0 Å². The summed E-state index contributed by atoms with van der Waals surface area (Å²) in [7, 11) is -3.73. The molecule has 102 valence electrons. The first-order chi connectivity index (χ1) is 8.35. The lowest BCUT2D eigenvalue weighted by atomic mass is 10.4. The van der Waals surface area contributed by atoms with Gasteiger partial charge in [-0.25, -0.2) is 13.1 Å². The zero-order valence-corrected chi connectivity index (χ0v) is 10.6. The van der Waals surface area contributed by atoms with Gasteiger partial charge < -0.3 is 10.2 Å². The van der Waals surface area contributed by atoms with Gasteiger partial charge in [0.25, 0.3) is 0 Å². The Balaban J connectivity index is 2.75. The van der Waals surface area contributed by atoms with E-state index in [1.54, 1.807) is 0 Å². The molecule has 18 heavy (non-hydrogen) atoms. The number of aromatic nitrogens is 2. The number of sulfonamides is 1. The Bertz CT molecular complexity index is 510. The molecule has 1 aromatic heterocycles. The largest absolute Gasteiger partial charge is 0.481 e. The predicted molar refractivity (Wildman–Crippen MR) is 61.3 cm³/mol. The highest BCUT2D eigenvalue weighted by Gasteiger charge is 2.18. The molecule has 0 amide bonds. The maximum absolute atomic E-state index is 11.8. The van der Waals surface area contributed by atoms with Crippen molar-refractivity contribution >= 4 is 16.0 Å². The summed E-state index contributed by atoms with van der Waals surface area (Å²) in [6, 6.07) is -0.600. The smallest absolute Gasteiger partial charge is 0.305 e. The van der Waals surface area contributed by atoms with Crippen molar-refractivity contribution in [1.82, 2.24) is 14.5 Å². The quantitative estimate of drug-likeness (QED) is 0.588. The lowest BCUT2D eigenvalue weighted by Crippen LogP contribution is -2.34. The number of aliphatic carboxylic acids is 1. The molecule has 8 nitrogen and oxygen atoms in total. The molecule has 1 atom stereocenters. The van der Waals surface area contributed by atoms with Gasteiger partial charge in [-0.2, -0.15) is 5.10 Å². The molecule has 1 aromatic rings. The van der Waals surface area contributed by atoms with E-state index >= 15 is 0 Å². The van der Waals surface area contributed by atoms with Crippen LogP contribution in [-0.4, -0.2) is 47.0 Å². The van der Waals surface area contributed by atoms with Crippen LogP contribution in [0, 0.1) is 0 Å². The van der Waals surface area contributed by atoms with E-state index in [0.29, 0.717) is 0 Å². The van der Waals surface area contributed by atoms with Gasteiger partial charge in [-0.3, -0.25) is 9.48 Å². The standard InChI is InChI=1S/C9H15N3O5S/c1-7(6-13)11-18(16,17)8-4-10-12(5-8)3-2-9(14)15/h4-5,7,11,13H,2-3,6H2,1H3,(H,14,15)/t7-/m1/s1. The number of aryl methyl sites for hydroxylation is 1. The molecule has 1 rings (SSSR count). The summed E-state index contributed by atoms with van der Waals surface area (Å²) < 4.78 is 27.0. The molecule has 0 saturated carbocycles. The number of carboxylic acids is 1. The molecule has 0 unspecified atom stereocenters. The molecular weight excluding hydrogens is 262 g/mol. The third kappa shape index (κ3) is 4.09. The van der Waals surface area contributed by atoms with Crippen LogP contribution in [0.1, 0.15) is 13.3 Å². The molecule has 0 aromatic carbocycles. The van der Waals surface area contributed by atoms with E-state index in [1.165, 1.54) is 17.8 Å². The Morgan fingerprint density at radius 1 is 1.61 bits per heavy atom. The van der Waals surface area contributed by atoms with E-state index in [9.17, 15) is 13.2 Å². The van der Waals surface area contributed by atoms with Crippen molar-refractivity contribution in [3.63, 3.8) is 0 Å². The van der Waals surface area contributed by atoms with Gasteiger partial charge in [0.1, 0.15) is 4.90 Å². The number of aliphatic hydroxyl groups excluding tert-OH is 1. The molecule has 1 heterocycles. The fourth-order valence-corrected chi connectivity index (χ4v) is 2.37. The molecule has 0 saturated heterocycles. The number of nitrogens with one attached hydrogen (secondary N) is 1. The number of hydrogen-bond acceptors (Lipinski definition) is 5. The minimum absolute atomic E-state index is 0.0619. The van der Waals surface area contributed by atoms with Crippen LogP contribution in [0.15, 0.2) is 17.3 Å². The molecule has 9 heteroatoms. The maximum atomic E-state index is 11.8. The second kappa shape index (κ2) is 5.94. The van der Waals surface area contributed by atoms with Crippen molar-refractivity contribution in [2.45, 2.75) is 30.8 Å². The topological polar surface area (TPSA) is 122 Å². The van der Waals surface area contributed by atoms with E-state index in [4.69, 9.17) is 10.2 Å². The average Bonchev–Trinajstić information content (AvgIpc) is 2.75. The Labute approximate surface area is 104 Å². The van der Waals surface area contributed by atoms with Crippen LogP contribution in [-0.2, 0) is 21.4 Å². The highest BCUT2D eigenvalue weighted by Crippen LogP contribution is 2.08. The van der Waals surface area contributed by atoms with Crippen molar-refractivity contribution in [1.29, 1.82) is 0 Å². The van der Waals surface area contributed by atoms with Crippen molar-refractivity contribution < 1.29 is 23.4 Å². The lowest BCUT2D eigenvalue weighted by molar-refractivity contribution is -0.137. The molecule has 0 aliphatic heterocycles. The van der Waals surface area contributed by atoms with E-state index in [1.807, 2.05) is 0 Å². The monoisotopic (exact) mass is 277 g/mol. The summed E-state index contributed by atoms with van der Waals surface area (Å²) in [5, 5.41) is 21.0. The Kier molecular flexibility index (Phi) is 4.82. The summed E-state index contributed by atoms with van der Waals surface area (Å²) in [5.41, 5.74) is 0. The van der Waals surface area contributed by atoms with E-state index in [-0.39, 0.29) is 24.5 Å². The van der Waals surface area contributed by atoms with Crippen molar-refractivity contribution in [3.8, 4) is 0 Å². The van der Waals surface area contributed by atoms with Crippen LogP contribution in [0.5, 0.6) is 0 Å². The zero-order chi connectivity index (χ0) is 13.8. The SMILES string of the molecule is C[C@H](CO)NS(=O)(=O)c1cnn(CCC(=O)O)c1. The Morgan fingerprint density at radius 3 is 2.83 bits per heavy atom. The summed E-state index contributed by atoms with van der Waals surface area (Å²) in [6.45, 7) is 1.30. The normalized spacial score (nSPS) is 13.4. The van der Waals surface area contributed by atoms with Gasteiger partial charge in [-0.15, -0.1) is 0 Å². The molecule has 3 N–H and O–H groups in total. The number of carboxylic acid groups (broad SMARTS) is 1. The third-order valence-corrected chi connectivity index (χ3v) is 3.65. The number of carbonyl (C=O) groups is 1. The van der Waals surface area contributed by atoms with Gasteiger partial charge >= 0.3 is 5.97 Å². The van der Waals surface area contributed by atoms with E-state index in [2.05, 4.69) is 9.82 Å². The van der Waals surface area contributed by atoms with Gasteiger partial charge in [-0.1, -0.05) is 0 Å². The molecule has 0 fully saturated rings. The van der Waals surface area contributed by atoms with E-state index < -0.39 is 22.0 Å². The lowest BCUT2D eigenvalue weighted by Gasteiger charge is -2.09. The van der Waals surface area contributed by atoms with Crippen molar-refractivity contribution in [2.24, 2.45) is 0 Å². The molecule has 0 aliphatic rings. The maximum Gasteiger partial charge on any atom is 0.305 e. The van der Waals surface area contributed by atoms with Crippen LogP contribution in [0.3, 0.4) is 0 Å². The minimum Gasteiger partial charge on any atom is -0.481 e. The fraction of sp³-hybridized carbons (Fsp3) is 0.556. The molecule has 0 aliphatic carbocycles. The van der Waals surface area contributed by atoms with E-state index in [0.717, 1.165) is 6.20 Å². The second-order valence-electron chi connectivity index (χ2n) is 3.79.